The predicted octanol–water partition coefficient (Wildman–Crippen LogP) is 3.69. The molecular formula is C22H27FN2O4. The van der Waals surface area contributed by atoms with Gasteiger partial charge < -0.3 is 14.2 Å². The van der Waals surface area contributed by atoms with E-state index in [0.29, 0.717) is 28.1 Å². The average Bonchev–Trinajstić information content (AvgIpc) is 2.88. The smallest absolute Gasteiger partial charge is 0.355 e. The molecule has 0 spiro atoms. The summed E-state index contributed by atoms with van der Waals surface area (Å²) in [7, 11) is 1.70. The van der Waals surface area contributed by atoms with Crippen LogP contribution in [-0.2, 0) is 11.8 Å². The molecule has 0 radical (unpaired) electrons. The molecule has 1 aromatic heterocycles. The first-order valence-electron chi connectivity index (χ1n) is 9.52. The van der Waals surface area contributed by atoms with Crippen molar-refractivity contribution >= 4 is 17.7 Å². The van der Waals surface area contributed by atoms with Crippen LogP contribution in [0.4, 0.5) is 4.39 Å². The zero-order valence-electron chi connectivity index (χ0n) is 17.7. The van der Waals surface area contributed by atoms with E-state index in [0.717, 1.165) is 0 Å². The number of aromatic nitrogens is 1. The predicted molar refractivity (Wildman–Crippen MR) is 108 cm³/mol. The summed E-state index contributed by atoms with van der Waals surface area (Å²) in [5, 5.41) is 0. The molecule has 6 nitrogen and oxygen atoms in total. The zero-order valence-corrected chi connectivity index (χ0v) is 17.7. The maximum atomic E-state index is 13.2. The molecule has 0 unspecified atom stereocenters. The molecule has 1 aromatic carbocycles. The molecule has 0 atom stereocenters. The lowest BCUT2D eigenvalue weighted by molar-refractivity contribution is 0.0513. The van der Waals surface area contributed by atoms with Gasteiger partial charge in [0.05, 0.1) is 13.2 Å². The highest BCUT2D eigenvalue weighted by molar-refractivity contribution is 6.06. The summed E-state index contributed by atoms with van der Waals surface area (Å²) in [6.45, 7) is 8.88. The fraction of sp³-hybridized carbons (Fsp3) is 0.409. The van der Waals surface area contributed by atoms with Gasteiger partial charge >= 0.3 is 5.97 Å². The molecule has 0 aliphatic rings. The second-order valence-corrected chi connectivity index (χ2v) is 7.17. The van der Waals surface area contributed by atoms with Crippen LogP contribution in [0.5, 0.6) is 0 Å². The van der Waals surface area contributed by atoms with Gasteiger partial charge in [-0.1, -0.05) is 0 Å². The molecule has 7 heteroatoms. The molecule has 0 saturated carbocycles. The second kappa shape index (κ2) is 9.03. The van der Waals surface area contributed by atoms with Crippen LogP contribution >= 0.6 is 0 Å². The maximum absolute atomic E-state index is 13.2. The number of carbonyl (C=O) groups excluding carboxylic acids is 3. The quantitative estimate of drug-likeness (QED) is 0.523. The lowest BCUT2D eigenvalue weighted by Gasteiger charge is -2.26. The second-order valence-electron chi connectivity index (χ2n) is 7.17. The normalized spacial score (nSPS) is 10.9. The van der Waals surface area contributed by atoms with Crippen molar-refractivity contribution in [2.24, 2.45) is 7.05 Å². The molecule has 0 saturated heterocycles. The third-order valence-electron chi connectivity index (χ3n) is 4.97. The number of ether oxygens (including phenoxy) is 1. The molecule has 29 heavy (non-hydrogen) atoms. The van der Waals surface area contributed by atoms with Crippen molar-refractivity contribution in [3.05, 3.63) is 58.2 Å². The van der Waals surface area contributed by atoms with E-state index in [1.807, 2.05) is 13.8 Å². The number of esters is 1. The van der Waals surface area contributed by atoms with Crippen LogP contribution in [0.1, 0.15) is 63.2 Å². The van der Waals surface area contributed by atoms with E-state index in [-0.39, 0.29) is 30.9 Å². The minimum absolute atomic E-state index is 0.151. The Morgan fingerprint density at radius 3 is 2.24 bits per heavy atom. The van der Waals surface area contributed by atoms with Crippen molar-refractivity contribution in [3.63, 3.8) is 0 Å². The Morgan fingerprint density at radius 1 is 1.14 bits per heavy atom. The van der Waals surface area contributed by atoms with E-state index in [4.69, 9.17) is 4.74 Å². The molecule has 0 aliphatic heterocycles. The van der Waals surface area contributed by atoms with Gasteiger partial charge in [-0.15, -0.1) is 0 Å². The van der Waals surface area contributed by atoms with Crippen molar-refractivity contribution in [1.82, 2.24) is 9.47 Å². The van der Waals surface area contributed by atoms with E-state index < -0.39 is 11.8 Å². The van der Waals surface area contributed by atoms with E-state index in [1.165, 1.54) is 29.2 Å². The fourth-order valence-corrected chi connectivity index (χ4v) is 3.36. The number of hydrogen-bond acceptors (Lipinski definition) is 4. The standard InChI is InChI=1S/C22H27FN2O4/c1-7-29-22(28)20-14(4)19(15(5)24(20)6)18(26)12-25(13(2)3)21(27)16-8-10-17(23)11-9-16/h8-11,13H,7,12H2,1-6H3. The number of carbonyl (C=O) groups is 3. The van der Waals surface area contributed by atoms with Gasteiger partial charge in [0, 0.05) is 29.9 Å². The van der Waals surface area contributed by atoms with Crippen LogP contribution in [0.3, 0.4) is 0 Å². The van der Waals surface area contributed by atoms with Gasteiger partial charge in [-0.2, -0.15) is 0 Å². The van der Waals surface area contributed by atoms with E-state index >= 15 is 0 Å². The summed E-state index contributed by atoms with van der Waals surface area (Å²) in [5.41, 5.74) is 2.21. The molecule has 1 amide bonds. The van der Waals surface area contributed by atoms with Crippen molar-refractivity contribution < 1.29 is 23.5 Å². The van der Waals surface area contributed by atoms with Gasteiger partial charge in [-0.05, 0) is 64.4 Å². The number of Topliss-reactive ketones (excluding diaryl/α,β-unsaturated/α-hetero) is 1. The average molecular weight is 402 g/mol. The Kier molecular flexibility index (Phi) is 6.95. The van der Waals surface area contributed by atoms with Gasteiger partial charge in [-0.25, -0.2) is 9.18 Å². The first-order valence-corrected chi connectivity index (χ1v) is 9.52. The Bertz CT molecular complexity index is 929. The molecule has 0 bridgehead atoms. The number of nitrogens with zero attached hydrogens (tertiary/aromatic N) is 2. The number of ketones is 1. The van der Waals surface area contributed by atoms with Crippen LogP contribution in [0, 0.1) is 19.7 Å². The summed E-state index contributed by atoms with van der Waals surface area (Å²) in [5.74, 6) is -1.55. The number of rotatable bonds is 7. The number of benzene rings is 1. The SMILES string of the molecule is CCOC(=O)c1c(C)c(C(=O)CN(C(=O)c2ccc(F)cc2)C(C)C)c(C)n1C. The van der Waals surface area contributed by atoms with Crippen molar-refractivity contribution in [3.8, 4) is 0 Å². The van der Waals surface area contributed by atoms with Crippen LogP contribution in [0.2, 0.25) is 0 Å². The Balaban J connectivity index is 2.36. The summed E-state index contributed by atoms with van der Waals surface area (Å²) in [6.07, 6.45) is 0. The third kappa shape index (κ3) is 4.55. The summed E-state index contributed by atoms with van der Waals surface area (Å²) in [4.78, 5) is 39.7. The van der Waals surface area contributed by atoms with Gasteiger partial charge in [0.1, 0.15) is 11.5 Å². The molecule has 156 valence electrons. The van der Waals surface area contributed by atoms with Crippen molar-refractivity contribution in [2.45, 2.75) is 40.7 Å². The molecule has 0 fully saturated rings. The Labute approximate surface area is 170 Å². The van der Waals surface area contributed by atoms with E-state index in [1.54, 1.807) is 32.4 Å². The van der Waals surface area contributed by atoms with Gasteiger partial charge in [-0.3, -0.25) is 9.59 Å². The third-order valence-corrected chi connectivity index (χ3v) is 4.97. The van der Waals surface area contributed by atoms with Crippen LogP contribution in [0.25, 0.3) is 0 Å². The first-order chi connectivity index (χ1) is 13.6. The fourth-order valence-electron chi connectivity index (χ4n) is 3.36. The van der Waals surface area contributed by atoms with Crippen LogP contribution < -0.4 is 0 Å². The van der Waals surface area contributed by atoms with Gasteiger partial charge in [0.15, 0.2) is 5.78 Å². The lowest BCUT2D eigenvalue weighted by Crippen LogP contribution is -2.41. The zero-order chi connectivity index (χ0) is 21.9. The van der Waals surface area contributed by atoms with E-state index in [2.05, 4.69) is 0 Å². The van der Waals surface area contributed by atoms with Gasteiger partial charge in [0.25, 0.3) is 5.91 Å². The highest BCUT2D eigenvalue weighted by Crippen LogP contribution is 2.23. The van der Waals surface area contributed by atoms with Crippen molar-refractivity contribution in [2.75, 3.05) is 13.2 Å². The summed E-state index contributed by atoms with van der Waals surface area (Å²) >= 11 is 0. The monoisotopic (exact) mass is 402 g/mol. The largest absolute Gasteiger partial charge is 0.461 e. The minimum atomic E-state index is -0.488. The highest BCUT2D eigenvalue weighted by Gasteiger charge is 2.28. The molecule has 2 rings (SSSR count). The maximum Gasteiger partial charge on any atom is 0.355 e. The van der Waals surface area contributed by atoms with Crippen LogP contribution in [0.15, 0.2) is 24.3 Å². The highest BCUT2D eigenvalue weighted by atomic mass is 19.1. The molecular weight excluding hydrogens is 375 g/mol. The number of halogens is 1. The summed E-state index contributed by atoms with van der Waals surface area (Å²) in [6, 6.07) is 4.98. The van der Waals surface area contributed by atoms with Crippen molar-refractivity contribution in [1.29, 1.82) is 0 Å². The van der Waals surface area contributed by atoms with E-state index in [9.17, 15) is 18.8 Å². The molecule has 0 N–H and O–H groups in total. The molecule has 0 aliphatic carbocycles. The molecule has 1 heterocycles. The first kappa shape index (κ1) is 22.3. The van der Waals surface area contributed by atoms with Crippen LogP contribution in [-0.4, -0.2) is 46.3 Å². The lowest BCUT2D eigenvalue weighted by atomic mass is 10.0. The molecule has 2 aromatic rings. The number of amides is 1. The minimum Gasteiger partial charge on any atom is -0.461 e. The van der Waals surface area contributed by atoms with Gasteiger partial charge in [0.2, 0.25) is 0 Å². The Morgan fingerprint density at radius 2 is 1.72 bits per heavy atom. The summed E-state index contributed by atoms with van der Waals surface area (Å²) < 4.78 is 19.9. The topological polar surface area (TPSA) is 68.6 Å². The number of hydrogen-bond donors (Lipinski definition) is 0. The Hall–Kier alpha value is -2.96.